The van der Waals surface area contributed by atoms with Crippen molar-refractivity contribution in [2.75, 3.05) is 0 Å². The van der Waals surface area contributed by atoms with Gasteiger partial charge in [0, 0.05) is 17.5 Å². The third-order valence-electron chi connectivity index (χ3n) is 3.12. The fraction of sp³-hybridized carbons (Fsp3) is 0.833. The van der Waals surface area contributed by atoms with Crippen molar-refractivity contribution in [1.29, 1.82) is 5.26 Å². The van der Waals surface area contributed by atoms with Gasteiger partial charge < -0.3 is 10.0 Å². The fourth-order valence-electron chi connectivity index (χ4n) is 2.51. The molecule has 0 aromatic rings. The van der Waals surface area contributed by atoms with E-state index in [9.17, 15) is 9.90 Å². The maximum atomic E-state index is 11.3. The molecule has 0 heterocycles. The number of rotatable bonds is 1. The lowest BCUT2D eigenvalue weighted by molar-refractivity contribution is 0.0519. The van der Waals surface area contributed by atoms with Crippen molar-refractivity contribution >= 4 is 6.09 Å². The Bertz CT molecular complexity index is 301. The highest BCUT2D eigenvalue weighted by Gasteiger charge is 2.36. The monoisotopic (exact) mass is 224 g/mol. The van der Waals surface area contributed by atoms with Crippen LogP contribution in [-0.2, 0) is 0 Å². The second kappa shape index (κ2) is 4.73. The molecule has 1 aliphatic carbocycles. The predicted octanol–water partition coefficient (Wildman–Crippen LogP) is 2.85. The van der Waals surface area contributed by atoms with Crippen molar-refractivity contribution < 1.29 is 9.90 Å². The van der Waals surface area contributed by atoms with Crippen LogP contribution in [-0.4, -0.2) is 27.7 Å². The Hall–Kier alpha value is -1.24. The lowest BCUT2D eigenvalue weighted by Gasteiger charge is -2.42. The fourth-order valence-corrected chi connectivity index (χ4v) is 2.51. The zero-order chi connectivity index (χ0) is 12.3. The first-order chi connectivity index (χ1) is 7.36. The third kappa shape index (κ3) is 2.88. The molecule has 0 saturated heterocycles. The number of amides is 1. The quantitative estimate of drug-likeness (QED) is 0.744. The molecule has 1 rings (SSSR count). The summed E-state index contributed by atoms with van der Waals surface area (Å²) in [6, 6.07) is 2.26. The van der Waals surface area contributed by atoms with E-state index in [1.54, 1.807) is 0 Å². The summed E-state index contributed by atoms with van der Waals surface area (Å²) >= 11 is 0. The lowest BCUT2D eigenvalue weighted by atomic mass is 9.84. The van der Waals surface area contributed by atoms with Gasteiger partial charge in [-0.2, -0.15) is 5.26 Å². The van der Waals surface area contributed by atoms with Crippen molar-refractivity contribution in [3.63, 3.8) is 0 Å². The van der Waals surface area contributed by atoms with Gasteiger partial charge in [0.1, 0.15) is 0 Å². The molecule has 4 heteroatoms. The van der Waals surface area contributed by atoms with Crippen molar-refractivity contribution in [2.45, 2.75) is 58.0 Å². The van der Waals surface area contributed by atoms with Crippen LogP contribution in [0.25, 0.3) is 0 Å². The van der Waals surface area contributed by atoms with Gasteiger partial charge in [-0.25, -0.2) is 4.79 Å². The van der Waals surface area contributed by atoms with E-state index in [1.165, 1.54) is 4.90 Å². The molecule has 0 aliphatic heterocycles. The Balaban J connectivity index is 2.80. The zero-order valence-electron chi connectivity index (χ0n) is 10.2. The van der Waals surface area contributed by atoms with E-state index in [0.29, 0.717) is 6.42 Å². The summed E-state index contributed by atoms with van der Waals surface area (Å²) in [4.78, 5) is 12.8. The molecule has 0 bridgehead atoms. The van der Waals surface area contributed by atoms with E-state index in [0.717, 1.165) is 19.3 Å². The van der Waals surface area contributed by atoms with Gasteiger partial charge in [-0.05, 0) is 40.0 Å². The molecular weight excluding hydrogens is 204 g/mol. The molecular formula is C12H20N2O2. The number of nitriles is 1. The summed E-state index contributed by atoms with van der Waals surface area (Å²) in [6.45, 7) is 5.70. The Morgan fingerprint density at radius 3 is 2.50 bits per heavy atom. The topological polar surface area (TPSA) is 64.3 Å². The number of nitrogens with zero attached hydrogens (tertiary/aromatic N) is 2. The standard InChI is InChI=1S/C12H20N2O2/c1-12(2,3)14(11(15)16)10-6-4-5-9(7-10)8-13/h9-10H,4-7H2,1-3H3,(H,15,16)/t9-,10-/m1/s1. The average Bonchev–Trinajstić information content (AvgIpc) is 2.15. The highest BCUT2D eigenvalue weighted by molar-refractivity contribution is 5.66. The highest BCUT2D eigenvalue weighted by Crippen LogP contribution is 2.31. The van der Waals surface area contributed by atoms with Gasteiger partial charge in [0.15, 0.2) is 0 Å². The van der Waals surface area contributed by atoms with Crippen LogP contribution < -0.4 is 0 Å². The minimum absolute atomic E-state index is 0.00380. The van der Waals surface area contributed by atoms with E-state index >= 15 is 0 Å². The van der Waals surface area contributed by atoms with Gasteiger partial charge in [0.2, 0.25) is 0 Å². The van der Waals surface area contributed by atoms with Gasteiger partial charge in [0.25, 0.3) is 0 Å². The number of carboxylic acid groups (broad SMARTS) is 1. The Morgan fingerprint density at radius 1 is 1.44 bits per heavy atom. The van der Waals surface area contributed by atoms with Crippen LogP contribution >= 0.6 is 0 Å². The summed E-state index contributed by atoms with van der Waals surface area (Å²) in [7, 11) is 0. The average molecular weight is 224 g/mol. The lowest BCUT2D eigenvalue weighted by Crippen LogP contribution is -2.52. The van der Waals surface area contributed by atoms with Crippen LogP contribution in [0.1, 0.15) is 46.5 Å². The van der Waals surface area contributed by atoms with Crippen molar-refractivity contribution in [3.05, 3.63) is 0 Å². The van der Waals surface area contributed by atoms with Crippen LogP contribution in [0.15, 0.2) is 0 Å². The summed E-state index contributed by atoms with van der Waals surface area (Å²) < 4.78 is 0. The molecule has 0 unspecified atom stereocenters. The van der Waals surface area contributed by atoms with Crippen LogP contribution in [0, 0.1) is 17.2 Å². The molecule has 0 radical (unpaired) electrons. The van der Waals surface area contributed by atoms with Crippen LogP contribution in [0.5, 0.6) is 0 Å². The highest BCUT2D eigenvalue weighted by atomic mass is 16.4. The zero-order valence-corrected chi connectivity index (χ0v) is 10.2. The van der Waals surface area contributed by atoms with Crippen molar-refractivity contribution in [3.8, 4) is 6.07 Å². The summed E-state index contributed by atoms with van der Waals surface area (Å²) in [6.07, 6.45) is 2.53. The largest absolute Gasteiger partial charge is 0.465 e. The van der Waals surface area contributed by atoms with Gasteiger partial charge in [-0.1, -0.05) is 6.42 Å². The second-order valence-electron chi connectivity index (χ2n) is 5.47. The molecule has 1 saturated carbocycles. The smallest absolute Gasteiger partial charge is 0.407 e. The van der Waals surface area contributed by atoms with Crippen LogP contribution in [0.2, 0.25) is 0 Å². The van der Waals surface area contributed by atoms with E-state index in [1.807, 2.05) is 20.8 Å². The first-order valence-corrected chi connectivity index (χ1v) is 5.78. The van der Waals surface area contributed by atoms with Gasteiger partial charge in [-0.3, -0.25) is 0 Å². The molecule has 1 amide bonds. The van der Waals surface area contributed by atoms with Crippen molar-refractivity contribution in [1.82, 2.24) is 4.90 Å². The minimum atomic E-state index is -0.879. The number of hydrogen-bond acceptors (Lipinski definition) is 2. The maximum Gasteiger partial charge on any atom is 0.407 e. The van der Waals surface area contributed by atoms with Gasteiger partial charge >= 0.3 is 6.09 Å². The van der Waals surface area contributed by atoms with E-state index < -0.39 is 11.6 Å². The van der Waals surface area contributed by atoms with Gasteiger partial charge in [0.05, 0.1) is 6.07 Å². The molecule has 1 N–H and O–H groups in total. The molecule has 1 aliphatic rings. The molecule has 4 nitrogen and oxygen atoms in total. The normalized spacial score (nSPS) is 25.9. The SMILES string of the molecule is CC(C)(C)N(C(=O)O)[C@@H]1CCC[C@@H](C#N)C1. The number of hydrogen-bond donors (Lipinski definition) is 1. The summed E-state index contributed by atoms with van der Waals surface area (Å²) in [5, 5.41) is 18.2. The first kappa shape index (κ1) is 12.8. The Labute approximate surface area is 96.9 Å². The predicted molar refractivity (Wildman–Crippen MR) is 61.0 cm³/mol. The number of carbonyl (C=O) groups is 1. The minimum Gasteiger partial charge on any atom is -0.465 e. The van der Waals surface area contributed by atoms with E-state index in [4.69, 9.17) is 5.26 Å². The molecule has 16 heavy (non-hydrogen) atoms. The van der Waals surface area contributed by atoms with Crippen molar-refractivity contribution in [2.24, 2.45) is 5.92 Å². The molecule has 1 fully saturated rings. The summed E-state index contributed by atoms with van der Waals surface area (Å²) in [5.74, 6) is 0.0166. The maximum absolute atomic E-state index is 11.3. The molecule has 0 aromatic carbocycles. The van der Waals surface area contributed by atoms with E-state index in [-0.39, 0.29) is 12.0 Å². The summed E-state index contributed by atoms with van der Waals surface area (Å²) in [5.41, 5.74) is -0.395. The molecule has 0 spiro atoms. The van der Waals surface area contributed by atoms with E-state index in [2.05, 4.69) is 6.07 Å². The second-order valence-corrected chi connectivity index (χ2v) is 5.47. The Kier molecular flexibility index (Phi) is 3.79. The molecule has 2 atom stereocenters. The van der Waals surface area contributed by atoms with Crippen LogP contribution in [0.4, 0.5) is 4.79 Å². The molecule has 0 aromatic heterocycles. The third-order valence-corrected chi connectivity index (χ3v) is 3.12. The molecule has 90 valence electrons. The van der Waals surface area contributed by atoms with Gasteiger partial charge in [-0.15, -0.1) is 0 Å². The van der Waals surface area contributed by atoms with Crippen LogP contribution in [0.3, 0.4) is 0 Å². The first-order valence-electron chi connectivity index (χ1n) is 5.78. The Morgan fingerprint density at radius 2 is 2.06 bits per heavy atom.